The third-order valence-corrected chi connectivity index (χ3v) is 5.78. The number of hydrogen-bond acceptors (Lipinski definition) is 4. The van der Waals surface area contributed by atoms with Gasteiger partial charge in [-0.15, -0.1) is 0 Å². The number of fused-ring (bicyclic) bond motifs is 1. The van der Waals surface area contributed by atoms with Gasteiger partial charge in [-0.2, -0.15) is 0 Å². The van der Waals surface area contributed by atoms with Crippen LogP contribution in [0, 0.1) is 12.8 Å². The molecule has 0 bridgehead atoms. The van der Waals surface area contributed by atoms with E-state index in [0.717, 1.165) is 78.1 Å². The number of rotatable bonds is 4. The number of ether oxygens (including phenoxy) is 1. The number of anilines is 1. The lowest BCUT2D eigenvalue weighted by Gasteiger charge is -2.30. The highest BCUT2D eigenvalue weighted by Crippen LogP contribution is 2.41. The van der Waals surface area contributed by atoms with Crippen LogP contribution in [-0.4, -0.2) is 37.1 Å². The molecule has 0 amide bonds. The van der Waals surface area contributed by atoms with Crippen molar-refractivity contribution in [2.75, 3.05) is 31.2 Å². The van der Waals surface area contributed by atoms with Gasteiger partial charge in [0.2, 0.25) is 0 Å². The summed E-state index contributed by atoms with van der Waals surface area (Å²) in [6, 6.07) is 16.6. The normalized spacial score (nSPS) is 17.1. The molecule has 1 saturated carbocycles. The number of aryl methyl sites for hydroxylation is 1. The van der Waals surface area contributed by atoms with Crippen LogP contribution in [0.2, 0.25) is 0 Å². The van der Waals surface area contributed by atoms with Gasteiger partial charge in [0.05, 0.1) is 24.4 Å². The minimum atomic E-state index is 0.169. The second kappa shape index (κ2) is 7.02. The summed E-state index contributed by atoms with van der Waals surface area (Å²) in [4.78, 5) is 20.5. The van der Waals surface area contributed by atoms with Gasteiger partial charge in [-0.3, -0.25) is 9.78 Å². The Hall–Kier alpha value is -2.72. The first-order valence-corrected chi connectivity index (χ1v) is 10.1. The van der Waals surface area contributed by atoms with E-state index in [1.165, 1.54) is 0 Å². The van der Waals surface area contributed by atoms with E-state index in [-0.39, 0.29) is 11.7 Å². The van der Waals surface area contributed by atoms with Crippen LogP contribution >= 0.6 is 0 Å². The molecule has 28 heavy (non-hydrogen) atoms. The van der Waals surface area contributed by atoms with E-state index in [9.17, 15) is 4.79 Å². The monoisotopic (exact) mass is 372 g/mol. The van der Waals surface area contributed by atoms with Gasteiger partial charge in [-0.1, -0.05) is 42.5 Å². The summed E-state index contributed by atoms with van der Waals surface area (Å²) in [5.41, 5.74) is 5.88. The molecule has 0 radical (unpaired) electrons. The Morgan fingerprint density at radius 3 is 2.50 bits per heavy atom. The van der Waals surface area contributed by atoms with E-state index in [1.54, 1.807) is 0 Å². The van der Waals surface area contributed by atoms with E-state index >= 15 is 0 Å². The average Bonchev–Trinajstić information content (AvgIpc) is 3.59. The molecule has 2 fully saturated rings. The largest absolute Gasteiger partial charge is 0.378 e. The minimum absolute atomic E-state index is 0.169. The van der Waals surface area contributed by atoms with Gasteiger partial charge in [0.1, 0.15) is 0 Å². The predicted octanol–water partition coefficient (Wildman–Crippen LogP) is 4.64. The highest BCUT2D eigenvalue weighted by atomic mass is 16.5. The molecule has 1 aromatic heterocycles. The van der Waals surface area contributed by atoms with Crippen LogP contribution in [0.3, 0.4) is 0 Å². The van der Waals surface area contributed by atoms with E-state index in [1.807, 2.05) is 25.1 Å². The number of benzene rings is 2. The van der Waals surface area contributed by atoms with Crippen molar-refractivity contribution in [1.29, 1.82) is 0 Å². The van der Waals surface area contributed by atoms with Crippen LogP contribution in [0.15, 0.2) is 48.5 Å². The first kappa shape index (κ1) is 17.4. The number of carbonyl (C=O) groups is 1. The standard InChI is InChI=1S/C24H24N2O2/c1-16-21(24(27)18-10-11-18)22(17-6-3-2-4-7-17)19-8-5-9-20(23(19)25-16)26-12-14-28-15-13-26/h2-9,18H,10-15H2,1H3. The van der Waals surface area contributed by atoms with Gasteiger partial charge < -0.3 is 9.64 Å². The Kier molecular flexibility index (Phi) is 4.36. The molecule has 0 unspecified atom stereocenters. The van der Waals surface area contributed by atoms with Crippen molar-refractivity contribution in [1.82, 2.24) is 4.98 Å². The Morgan fingerprint density at radius 2 is 1.79 bits per heavy atom. The number of aromatic nitrogens is 1. The van der Waals surface area contributed by atoms with Crippen molar-refractivity contribution in [3.05, 3.63) is 59.8 Å². The van der Waals surface area contributed by atoms with E-state index in [0.29, 0.717) is 0 Å². The van der Waals surface area contributed by atoms with Gasteiger partial charge in [-0.25, -0.2) is 0 Å². The molecule has 1 aliphatic carbocycles. The summed E-state index contributed by atoms with van der Waals surface area (Å²) in [6.45, 7) is 5.18. The molecular weight excluding hydrogens is 348 g/mol. The van der Waals surface area contributed by atoms with Crippen LogP contribution in [-0.2, 0) is 4.74 Å². The molecule has 0 spiro atoms. The Labute approximate surface area is 165 Å². The van der Waals surface area contributed by atoms with E-state index in [2.05, 4.69) is 35.2 Å². The van der Waals surface area contributed by atoms with Gasteiger partial charge >= 0.3 is 0 Å². The van der Waals surface area contributed by atoms with Crippen molar-refractivity contribution in [2.24, 2.45) is 5.92 Å². The quantitative estimate of drug-likeness (QED) is 0.626. The maximum atomic E-state index is 13.2. The first-order chi connectivity index (χ1) is 13.7. The summed E-state index contributed by atoms with van der Waals surface area (Å²) in [6.07, 6.45) is 2.00. The SMILES string of the molecule is Cc1nc2c(N3CCOCC3)cccc2c(-c2ccccc2)c1C(=O)C1CC1. The van der Waals surface area contributed by atoms with E-state index in [4.69, 9.17) is 9.72 Å². The zero-order valence-corrected chi connectivity index (χ0v) is 16.1. The lowest BCUT2D eigenvalue weighted by Crippen LogP contribution is -2.36. The number of hydrogen-bond donors (Lipinski definition) is 0. The van der Waals surface area contributed by atoms with Crippen LogP contribution in [0.25, 0.3) is 22.0 Å². The Bertz CT molecular complexity index is 1040. The summed E-state index contributed by atoms with van der Waals surface area (Å²) < 4.78 is 5.53. The number of Topliss-reactive ketones (excluding diaryl/α,β-unsaturated/α-hetero) is 1. The van der Waals surface area contributed by atoms with Crippen LogP contribution < -0.4 is 4.90 Å². The smallest absolute Gasteiger partial charge is 0.168 e. The van der Waals surface area contributed by atoms with Crippen LogP contribution in [0.4, 0.5) is 5.69 Å². The first-order valence-electron chi connectivity index (χ1n) is 10.1. The number of ketones is 1. The molecule has 2 heterocycles. The third kappa shape index (κ3) is 2.98. The molecule has 0 atom stereocenters. The van der Waals surface area contributed by atoms with Gasteiger partial charge in [0.15, 0.2) is 5.78 Å². The molecular formula is C24H24N2O2. The molecule has 5 rings (SSSR count). The second-order valence-electron chi connectivity index (χ2n) is 7.72. The van der Waals surface area contributed by atoms with Gasteiger partial charge in [0, 0.05) is 41.2 Å². The zero-order chi connectivity index (χ0) is 19.1. The summed E-state index contributed by atoms with van der Waals surface area (Å²) in [5.74, 6) is 0.422. The molecule has 2 aromatic carbocycles. The lowest BCUT2D eigenvalue weighted by molar-refractivity contribution is 0.0967. The third-order valence-electron chi connectivity index (χ3n) is 5.78. The molecule has 1 saturated heterocycles. The number of nitrogens with zero attached hydrogens (tertiary/aromatic N) is 2. The lowest BCUT2D eigenvalue weighted by atomic mass is 9.90. The predicted molar refractivity (Wildman–Crippen MR) is 112 cm³/mol. The van der Waals surface area contributed by atoms with Crippen molar-refractivity contribution < 1.29 is 9.53 Å². The fourth-order valence-electron chi connectivity index (χ4n) is 4.20. The number of para-hydroxylation sites is 1. The fourth-order valence-corrected chi connectivity index (χ4v) is 4.20. The molecule has 0 N–H and O–H groups in total. The average molecular weight is 372 g/mol. The maximum absolute atomic E-state index is 13.2. The van der Waals surface area contributed by atoms with E-state index < -0.39 is 0 Å². The van der Waals surface area contributed by atoms with Crippen molar-refractivity contribution in [3.63, 3.8) is 0 Å². The highest BCUT2D eigenvalue weighted by Gasteiger charge is 2.34. The minimum Gasteiger partial charge on any atom is -0.378 e. The zero-order valence-electron chi connectivity index (χ0n) is 16.1. The summed E-state index contributed by atoms with van der Waals surface area (Å²) in [7, 11) is 0. The molecule has 142 valence electrons. The molecule has 3 aromatic rings. The van der Waals surface area contributed by atoms with Gasteiger partial charge in [0.25, 0.3) is 0 Å². The van der Waals surface area contributed by atoms with Gasteiger partial charge in [-0.05, 0) is 31.4 Å². The topological polar surface area (TPSA) is 42.4 Å². The summed E-state index contributed by atoms with van der Waals surface area (Å²) in [5, 5.41) is 1.06. The summed E-state index contributed by atoms with van der Waals surface area (Å²) >= 11 is 0. The number of carbonyl (C=O) groups excluding carboxylic acids is 1. The van der Waals surface area contributed by atoms with Crippen molar-refractivity contribution in [3.8, 4) is 11.1 Å². The second-order valence-corrected chi connectivity index (χ2v) is 7.72. The van der Waals surface area contributed by atoms with Crippen LogP contribution in [0.5, 0.6) is 0 Å². The van der Waals surface area contributed by atoms with Crippen LogP contribution in [0.1, 0.15) is 28.9 Å². The molecule has 4 heteroatoms. The number of morpholine rings is 1. The van der Waals surface area contributed by atoms with Crippen molar-refractivity contribution >= 4 is 22.4 Å². The van der Waals surface area contributed by atoms with Crippen molar-refractivity contribution in [2.45, 2.75) is 19.8 Å². The highest BCUT2D eigenvalue weighted by molar-refractivity contribution is 6.13. The molecule has 4 nitrogen and oxygen atoms in total. The molecule has 2 aliphatic rings. The number of pyridine rings is 1. The Balaban J connectivity index is 1.78. The molecule has 1 aliphatic heterocycles. The maximum Gasteiger partial charge on any atom is 0.168 e. The fraction of sp³-hybridized carbons (Fsp3) is 0.333. The Morgan fingerprint density at radius 1 is 1.04 bits per heavy atom.